The first kappa shape index (κ1) is 26.7. The Morgan fingerprint density at radius 3 is 1.45 bits per heavy atom. The summed E-state index contributed by atoms with van der Waals surface area (Å²) in [6, 6.07) is 15.5. The lowest BCUT2D eigenvalue weighted by atomic mass is 9.59. The molecule has 0 aliphatic carbocycles. The van der Waals surface area contributed by atoms with E-state index in [4.69, 9.17) is 0 Å². The number of nitrogens with one attached hydrogen (secondary N) is 1. The fourth-order valence-corrected chi connectivity index (χ4v) is 6.50. The van der Waals surface area contributed by atoms with Gasteiger partial charge >= 0.3 is 0 Å². The molecule has 0 bridgehead atoms. The number of hydrogen-bond acceptors (Lipinski definition) is 1. The number of anilines is 2. The lowest BCUT2D eigenvalue weighted by molar-refractivity contribution is 1.69. The number of benzene rings is 5. The average Bonchev–Trinajstić information content (AvgIpc) is 2.91. The van der Waals surface area contributed by atoms with Crippen molar-refractivity contribution in [3.05, 3.63) is 42.5 Å². The molecule has 5 aromatic carbocycles. The molecule has 38 heavy (non-hydrogen) atoms. The fraction of sp³-hybridized carbons (Fsp3) is 0. The Bertz CT molecular complexity index is 1780. The predicted octanol–water partition coefficient (Wildman–Crippen LogP) is -11.8. The van der Waals surface area contributed by atoms with E-state index in [0.29, 0.717) is 0 Å². The first-order chi connectivity index (χ1) is 18.0. The van der Waals surface area contributed by atoms with Crippen LogP contribution >= 0.6 is 0 Å². The van der Waals surface area contributed by atoms with Gasteiger partial charge in [0.15, 0.2) is 0 Å². The quantitative estimate of drug-likeness (QED) is 0.256. The summed E-state index contributed by atoms with van der Waals surface area (Å²) in [5.74, 6) is 0. The zero-order valence-corrected chi connectivity index (χ0v) is 25.0. The summed E-state index contributed by atoms with van der Waals surface area (Å²) in [5, 5.41) is 9.38. The van der Waals surface area contributed by atoms with Crippen molar-refractivity contribution < 1.29 is 0 Å². The SMILES string of the molecule is Bc1c(B)c(-c2ccc3ccccc3c2)c(B)c(B)c1Nc1c(B)c(B)c(B)c2c(B)c(B)c(B)c(B)c12. The molecule has 5 aromatic rings. The van der Waals surface area contributed by atoms with E-state index in [1.807, 2.05) is 0 Å². The van der Waals surface area contributed by atoms with E-state index in [2.05, 4.69) is 134 Å². The van der Waals surface area contributed by atoms with Crippen LogP contribution in [-0.4, -0.2) is 86.3 Å². The number of fused-ring (bicyclic) bond motifs is 2. The molecule has 172 valence electrons. The van der Waals surface area contributed by atoms with Crippen LogP contribution in [0.3, 0.4) is 0 Å². The van der Waals surface area contributed by atoms with Gasteiger partial charge in [-0.25, -0.2) is 0 Å². The summed E-state index contributed by atoms with van der Waals surface area (Å²) >= 11 is 0. The van der Waals surface area contributed by atoms with Gasteiger partial charge in [0.05, 0.1) is 0 Å². The van der Waals surface area contributed by atoms with Crippen molar-refractivity contribution in [2.45, 2.75) is 0 Å². The summed E-state index contributed by atoms with van der Waals surface area (Å²) in [7, 11) is 25.1. The van der Waals surface area contributed by atoms with Gasteiger partial charge in [0.25, 0.3) is 0 Å². The van der Waals surface area contributed by atoms with Crippen molar-refractivity contribution in [1.82, 2.24) is 0 Å². The summed E-state index contributed by atoms with van der Waals surface area (Å²) in [4.78, 5) is 0. The second kappa shape index (κ2) is 9.71. The molecule has 0 spiro atoms. The molecule has 1 N–H and O–H groups in total. The second-order valence-corrected chi connectivity index (χ2v) is 11.4. The summed E-state index contributed by atoms with van der Waals surface area (Å²) < 4.78 is 0. The standard InChI is InChI=1S/C26H30B11N/c27-14-11(10-6-5-8-3-1-2-4-9(8)7-10)15(28)23(36)26(22(14)35)38-25-13-12(17(30)21(34)24(25)37)16(29)19(32)20(33)18(13)31/h1-7,38H,27-37H2. The third-order valence-electron chi connectivity index (χ3n) is 9.73. The summed E-state index contributed by atoms with van der Waals surface area (Å²) in [5.41, 5.74) is 20.2. The van der Waals surface area contributed by atoms with Gasteiger partial charge in [-0.1, -0.05) is 85.6 Å². The normalized spacial score (nSPS) is 11.3. The van der Waals surface area contributed by atoms with E-state index in [1.165, 1.54) is 104 Å². The van der Waals surface area contributed by atoms with Crippen molar-refractivity contribution in [3.63, 3.8) is 0 Å². The monoisotopic (exact) mass is 477 g/mol. The van der Waals surface area contributed by atoms with Crippen LogP contribution < -0.4 is 65.4 Å². The minimum absolute atomic E-state index is 1.24. The molecule has 1 nitrogen and oxygen atoms in total. The Kier molecular flexibility index (Phi) is 6.83. The first-order valence-electron chi connectivity index (χ1n) is 13.8. The van der Waals surface area contributed by atoms with Gasteiger partial charge in [0, 0.05) is 11.4 Å². The Morgan fingerprint density at radius 2 is 0.868 bits per heavy atom. The highest BCUT2D eigenvalue weighted by molar-refractivity contribution is 6.72. The maximum absolute atomic E-state index is 4.02. The molecule has 0 amide bonds. The van der Waals surface area contributed by atoms with Crippen molar-refractivity contribution in [2.75, 3.05) is 5.32 Å². The minimum atomic E-state index is 1.24. The molecular weight excluding hydrogens is 445 g/mol. The van der Waals surface area contributed by atoms with Gasteiger partial charge in [-0.15, -0.1) is 10.9 Å². The van der Waals surface area contributed by atoms with Crippen LogP contribution in [0.25, 0.3) is 32.7 Å². The number of rotatable bonds is 3. The van der Waals surface area contributed by atoms with E-state index in [0.717, 1.165) is 0 Å². The molecule has 0 aliphatic heterocycles. The largest absolute Gasteiger partial charge is 0.356 e. The molecule has 5 rings (SSSR count). The molecule has 12 heteroatoms. The topological polar surface area (TPSA) is 12.0 Å². The molecule has 0 atom stereocenters. The van der Waals surface area contributed by atoms with Gasteiger partial charge in [-0.2, -0.15) is 0 Å². The van der Waals surface area contributed by atoms with Gasteiger partial charge < -0.3 is 5.32 Å². The highest BCUT2D eigenvalue weighted by Gasteiger charge is 2.21. The molecule has 0 radical (unpaired) electrons. The first-order valence-corrected chi connectivity index (χ1v) is 13.8. The van der Waals surface area contributed by atoms with Crippen molar-refractivity contribution in [2.24, 2.45) is 0 Å². The van der Waals surface area contributed by atoms with Crippen molar-refractivity contribution >= 4 is 179 Å². The maximum Gasteiger partial charge on any atom is 0.141 e. The average molecular weight is 475 g/mol. The number of hydrogen-bond donors (Lipinski definition) is 1. The van der Waals surface area contributed by atoms with Crippen LogP contribution in [0.4, 0.5) is 11.4 Å². The summed E-state index contributed by atoms with van der Waals surface area (Å²) in [6.45, 7) is 0. The maximum atomic E-state index is 4.02. The van der Waals surface area contributed by atoms with E-state index < -0.39 is 0 Å². The minimum Gasteiger partial charge on any atom is -0.356 e. The zero-order chi connectivity index (χ0) is 27.6. The van der Waals surface area contributed by atoms with Crippen molar-refractivity contribution in [3.8, 4) is 11.1 Å². The molecule has 0 saturated heterocycles. The van der Waals surface area contributed by atoms with Gasteiger partial charge in [-0.05, 0) is 38.7 Å². The Morgan fingerprint density at radius 1 is 0.395 bits per heavy atom. The Labute approximate surface area is 237 Å². The molecule has 0 unspecified atom stereocenters. The third-order valence-corrected chi connectivity index (χ3v) is 9.73. The summed E-state index contributed by atoms with van der Waals surface area (Å²) in [6.07, 6.45) is 0. The highest BCUT2D eigenvalue weighted by atomic mass is 14.9. The van der Waals surface area contributed by atoms with Crippen LogP contribution in [0.1, 0.15) is 0 Å². The second-order valence-electron chi connectivity index (χ2n) is 11.4. The van der Waals surface area contributed by atoms with Gasteiger partial charge in [0.2, 0.25) is 0 Å². The Balaban J connectivity index is 1.76. The van der Waals surface area contributed by atoms with Gasteiger partial charge in [0.1, 0.15) is 86.3 Å². The van der Waals surface area contributed by atoms with Crippen LogP contribution in [0.15, 0.2) is 42.5 Å². The van der Waals surface area contributed by atoms with Crippen LogP contribution in [0.2, 0.25) is 0 Å². The zero-order valence-electron chi connectivity index (χ0n) is 25.0. The third kappa shape index (κ3) is 3.94. The van der Waals surface area contributed by atoms with Crippen LogP contribution in [-0.2, 0) is 0 Å². The molecule has 0 aliphatic rings. The molecule has 0 saturated carbocycles. The molecule has 0 heterocycles. The predicted molar refractivity (Wildman–Crippen MR) is 207 cm³/mol. The fourth-order valence-electron chi connectivity index (χ4n) is 6.50. The van der Waals surface area contributed by atoms with Gasteiger partial charge in [-0.3, -0.25) is 0 Å². The van der Waals surface area contributed by atoms with Crippen LogP contribution in [0, 0.1) is 0 Å². The Hall–Kier alpha value is -2.87. The molecule has 0 aromatic heterocycles. The molecule has 0 fully saturated rings. The van der Waals surface area contributed by atoms with Crippen LogP contribution in [0.5, 0.6) is 0 Å². The smallest absolute Gasteiger partial charge is 0.141 e. The highest BCUT2D eigenvalue weighted by Crippen LogP contribution is 2.23. The lowest BCUT2D eigenvalue weighted by Gasteiger charge is -2.28. The van der Waals surface area contributed by atoms with E-state index in [9.17, 15) is 0 Å². The van der Waals surface area contributed by atoms with Crippen molar-refractivity contribution in [1.29, 1.82) is 0 Å². The van der Waals surface area contributed by atoms with E-state index >= 15 is 0 Å². The molecular formula is C26H30B11N. The lowest BCUT2D eigenvalue weighted by Crippen LogP contribution is -2.52. The van der Waals surface area contributed by atoms with E-state index in [-0.39, 0.29) is 0 Å². The van der Waals surface area contributed by atoms with E-state index in [1.54, 1.807) is 0 Å².